The molecule has 0 aliphatic carbocycles. The minimum absolute atomic E-state index is 0.00819. The van der Waals surface area contributed by atoms with Crippen molar-refractivity contribution in [3.8, 4) is 22.3 Å². The van der Waals surface area contributed by atoms with Gasteiger partial charge in [-0.3, -0.25) is 0 Å². The highest BCUT2D eigenvalue weighted by atomic mass is 32.2. The van der Waals surface area contributed by atoms with Gasteiger partial charge in [-0.2, -0.15) is 0 Å². The quantitative estimate of drug-likeness (QED) is 0.170. The number of hydrogen-bond donors (Lipinski definition) is 0. The monoisotopic (exact) mass is 672 g/mol. The lowest BCUT2D eigenvalue weighted by Gasteiger charge is -2.46. The largest absolute Gasteiger partial charge is 0.466 e. The fraction of sp³-hybridized carbons (Fsp3) is 0.0870. The molecule has 3 nitrogen and oxygen atoms in total. The van der Waals surface area contributed by atoms with Crippen molar-refractivity contribution in [1.82, 2.24) is 0 Å². The minimum atomic E-state index is -0.164. The summed E-state index contributed by atoms with van der Waals surface area (Å²) in [7, 11) is 0. The van der Waals surface area contributed by atoms with Gasteiger partial charge in [-0.1, -0.05) is 130 Å². The van der Waals surface area contributed by atoms with E-state index in [-0.39, 0.29) is 12.3 Å². The normalized spacial score (nSPS) is 14.0. The van der Waals surface area contributed by atoms with Gasteiger partial charge in [0.25, 0.3) is 0 Å². The highest BCUT2D eigenvalue weighted by Crippen LogP contribution is 2.57. The van der Waals surface area contributed by atoms with Crippen molar-refractivity contribution in [3.63, 3.8) is 0 Å². The van der Waals surface area contributed by atoms with Crippen LogP contribution in [-0.4, -0.2) is 6.85 Å². The van der Waals surface area contributed by atoms with Gasteiger partial charge < -0.3 is 14.1 Å². The summed E-state index contributed by atoms with van der Waals surface area (Å²) >= 11 is 1.87. The lowest BCUT2D eigenvalue weighted by Crippen LogP contribution is -2.61. The number of anilines is 5. The van der Waals surface area contributed by atoms with Gasteiger partial charge in [0, 0.05) is 37.7 Å². The van der Waals surface area contributed by atoms with Gasteiger partial charge in [0.1, 0.15) is 11.2 Å². The maximum absolute atomic E-state index is 7.16. The molecule has 7 aromatic carbocycles. The SMILES string of the molecule is CC(C)(C)c1ccc(N2c3cc4ccccc4c4c3B(c3oc5ccccc5c32)N2c3ccccc3Sc3cccc-4c32)c(-c2ccccc2)c1. The Labute approximate surface area is 302 Å². The van der Waals surface area contributed by atoms with Crippen LogP contribution in [0.2, 0.25) is 0 Å². The second-order valence-electron chi connectivity index (χ2n) is 14.9. The lowest BCUT2D eigenvalue weighted by molar-refractivity contribution is 0.590. The van der Waals surface area contributed by atoms with Crippen LogP contribution in [0.25, 0.3) is 44.0 Å². The van der Waals surface area contributed by atoms with Crippen molar-refractivity contribution in [3.05, 3.63) is 151 Å². The summed E-state index contributed by atoms with van der Waals surface area (Å²) in [6, 6.07) is 53.5. The van der Waals surface area contributed by atoms with Crippen LogP contribution in [0.5, 0.6) is 0 Å². The Kier molecular flexibility index (Phi) is 5.96. The van der Waals surface area contributed by atoms with Gasteiger partial charge in [-0.05, 0) is 86.9 Å². The second-order valence-corrected chi connectivity index (χ2v) is 16.0. The van der Waals surface area contributed by atoms with Crippen molar-refractivity contribution in [2.24, 2.45) is 0 Å². The average molecular weight is 673 g/mol. The molecule has 0 radical (unpaired) electrons. The smallest absolute Gasteiger partial charge is 0.376 e. The number of para-hydroxylation sites is 3. The number of fused-ring (bicyclic) bond motifs is 10. The molecule has 0 fully saturated rings. The van der Waals surface area contributed by atoms with E-state index in [1.54, 1.807) is 0 Å². The summed E-state index contributed by atoms with van der Waals surface area (Å²) < 4.78 is 7.16. The van der Waals surface area contributed by atoms with E-state index >= 15 is 0 Å². The second kappa shape index (κ2) is 10.4. The zero-order chi connectivity index (χ0) is 34.0. The first-order valence-corrected chi connectivity index (χ1v) is 18.5. The van der Waals surface area contributed by atoms with E-state index in [1.165, 1.54) is 70.9 Å². The highest BCUT2D eigenvalue weighted by molar-refractivity contribution is 7.99. The molecule has 0 unspecified atom stereocenters. The van der Waals surface area contributed by atoms with E-state index in [0.717, 1.165) is 28.0 Å². The first kappa shape index (κ1) is 29.1. The first-order chi connectivity index (χ1) is 25.0. The number of hydrogen-bond acceptors (Lipinski definition) is 4. The molecular formula is C46H33BN2OS. The van der Waals surface area contributed by atoms with Gasteiger partial charge in [0.2, 0.25) is 0 Å². The number of nitrogens with zero attached hydrogens (tertiary/aromatic N) is 2. The van der Waals surface area contributed by atoms with Crippen LogP contribution in [0.1, 0.15) is 26.3 Å². The predicted octanol–water partition coefficient (Wildman–Crippen LogP) is 11.7. The Morgan fingerprint density at radius 3 is 2.20 bits per heavy atom. The summed E-state index contributed by atoms with van der Waals surface area (Å²) in [5.74, 6) is 0. The molecule has 11 rings (SSSR count). The van der Waals surface area contributed by atoms with Crippen LogP contribution in [0.4, 0.5) is 28.4 Å². The van der Waals surface area contributed by atoms with Crippen LogP contribution in [0.3, 0.4) is 0 Å². The van der Waals surface area contributed by atoms with Gasteiger partial charge >= 0.3 is 6.85 Å². The molecule has 0 saturated heterocycles. The molecule has 0 N–H and O–H groups in total. The van der Waals surface area contributed by atoms with Crippen LogP contribution < -0.4 is 20.8 Å². The lowest BCUT2D eigenvalue weighted by atomic mass is 9.45. The summed E-state index contributed by atoms with van der Waals surface area (Å²) in [6.45, 7) is 6.72. The van der Waals surface area contributed by atoms with E-state index in [4.69, 9.17) is 4.42 Å². The van der Waals surface area contributed by atoms with E-state index in [9.17, 15) is 0 Å². The van der Waals surface area contributed by atoms with Crippen molar-refractivity contribution in [1.29, 1.82) is 0 Å². The molecule has 4 heterocycles. The van der Waals surface area contributed by atoms with E-state index < -0.39 is 0 Å². The maximum Gasteiger partial charge on any atom is 0.376 e. The maximum atomic E-state index is 7.16. The fourth-order valence-electron chi connectivity index (χ4n) is 8.67. The molecule has 0 amide bonds. The minimum Gasteiger partial charge on any atom is -0.466 e. The Morgan fingerprint density at radius 2 is 1.33 bits per heavy atom. The molecule has 1 aromatic heterocycles. The fourth-order valence-corrected chi connectivity index (χ4v) is 9.77. The van der Waals surface area contributed by atoms with Gasteiger partial charge in [-0.15, -0.1) is 0 Å². The van der Waals surface area contributed by atoms with E-state index in [0.29, 0.717) is 0 Å². The number of benzene rings is 7. The highest BCUT2D eigenvalue weighted by Gasteiger charge is 2.51. The molecule has 242 valence electrons. The summed E-state index contributed by atoms with van der Waals surface area (Å²) in [4.78, 5) is 7.64. The number of rotatable bonds is 2. The molecule has 0 spiro atoms. The third-order valence-corrected chi connectivity index (χ3v) is 12.1. The predicted molar refractivity (Wildman–Crippen MR) is 216 cm³/mol. The summed E-state index contributed by atoms with van der Waals surface area (Å²) in [5, 5.41) is 3.61. The third-order valence-electron chi connectivity index (χ3n) is 10.9. The summed E-state index contributed by atoms with van der Waals surface area (Å²) in [6.07, 6.45) is 0. The van der Waals surface area contributed by atoms with Crippen molar-refractivity contribution in [2.45, 2.75) is 36.0 Å². The molecule has 8 aromatic rings. The molecule has 3 aliphatic heterocycles. The average Bonchev–Trinajstić information content (AvgIpc) is 3.54. The third kappa shape index (κ3) is 4.04. The first-order valence-electron chi connectivity index (χ1n) is 17.7. The zero-order valence-electron chi connectivity index (χ0n) is 28.6. The van der Waals surface area contributed by atoms with Crippen molar-refractivity contribution >= 4 is 79.9 Å². The Hall–Kier alpha value is -5.65. The molecular weight excluding hydrogens is 639 g/mol. The molecule has 0 saturated carbocycles. The van der Waals surface area contributed by atoms with Crippen LogP contribution in [0.15, 0.2) is 160 Å². The Bertz CT molecular complexity index is 2740. The Morgan fingerprint density at radius 1 is 0.588 bits per heavy atom. The molecule has 0 bridgehead atoms. The van der Waals surface area contributed by atoms with Crippen molar-refractivity contribution in [2.75, 3.05) is 9.71 Å². The standard InChI is InChI=1S/C46H33BN2OS/c1-46(2,3)30-24-25-35(34(27-30)28-14-5-4-6-15-28)48-37-26-29-16-7-8-17-31(29)41-33-19-13-23-40-43(33)49(36-20-10-12-22-39(36)51-40)47(42(37)41)45-44(48)32-18-9-11-21-38(32)50-45/h4-27H,1-3H3. The van der Waals surface area contributed by atoms with E-state index in [2.05, 4.69) is 176 Å². The van der Waals surface area contributed by atoms with Gasteiger partial charge in [0.05, 0.1) is 17.1 Å². The van der Waals surface area contributed by atoms with Crippen molar-refractivity contribution < 1.29 is 4.42 Å². The van der Waals surface area contributed by atoms with E-state index in [1.807, 2.05) is 11.8 Å². The Balaban J connectivity index is 1.32. The molecule has 51 heavy (non-hydrogen) atoms. The molecule has 0 atom stereocenters. The van der Waals surface area contributed by atoms with Crippen LogP contribution in [-0.2, 0) is 5.41 Å². The van der Waals surface area contributed by atoms with Gasteiger partial charge in [-0.25, -0.2) is 0 Å². The molecule has 3 aliphatic rings. The van der Waals surface area contributed by atoms with Gasteiger partial charge in [0.15, 0.2) is 0 Å². The van der Waals surface area contributed by atoms with Crippen LogP contribution >= 0.6 is 11.8 Å². The van der Waals surface area contributed by atoms with Crippen LogP contribution in [0, 0.1) is 0 Å². The zero-order valence-corrected chi connectivity index (χ0v) is 29.5. The molecule has 5 heteroatoms. The topological polar surface area (TPSA) is 19.6 Å². The summed E-state index contributed by atoms with van der Waals surface area (Å²) in [5.41, 5.74) is 15.4. The number of furan rings is 1.